The lowest BCUT2D eigenvalue weighted by Crippen LogP contribution is -2.30. The van der Waals surface area contributed by atoms with E-state index in [1.807, 2.05) is 0 Å². The molecule has 0 saturated carbocycles. The Morgan fingerprint density at radius 2 is 2.05 bits per heavy atom. The van der Waals surface area contributed by atoms with Gasteiger partial charge >= 0.3 is 0 Å². The van der Waals surface area contributed by atoms with Crippen LogP contribution in [0.3, 0.4) is 0 Å². The van der Waals surface area contributed by atoms with E-state index in [1.54, 1.807) is 25.3 Å². The first-order valence-electron chi connectivity index (χ1n) is 6.13. The molecule has 0 aliphatic rings. The lowest BCUT2D eigenvalue weighted by atomic mass is 10.3. The van der Waals surface area contributed by atoms with Crippen LogP contribution < -0.4 is 15.4 Å². The summed E-state index contributed by atoms with van der Waals surface area (Å²) in [6, 6.07) is 6.45. The molecule has 1 aromatic rings. The summed E-state index contributed by atoms with van der Waals surface area (Å²) in [5.41, 5.74) is 0.367. The highest BCUT2D eigenvalue weighted by atomic mass is 35.5. The van der Waals surface area contributed by atoms with E-state index >= 15 is 0 Å². The number of anilines is 1. The van der Waals surface area contributed by atoms with Crippen molar-refractivity contribution in [2.24, 2.45) is 0 Å². The molecule has 1 aromatic carbocycles. The van der Waals surface area contributed by atoms with Crippen LogP contribution in [-0.4, -0.2) is 45.7 Å². The summed E-state index contributed by atoms with van der Waals surface area (Å²) in [5.74, 6) is -0.0627. The van der Waals surface area contributed by atoms with Gasteiger partial charge in [0.05, 0.1) is 18.8 Å². The summed E-state index contributed by atoms with van der Waals surface area (Å²) in [7, 11) is 1.57. The second-order valence-corrected chi connectivity index (χ2v) is 3.92. The predicted molar refractivity (Wildman–Crippen MR) is 78.6 cm³/mol. The minimum absolute atomic E-state index is 0. The van der Waals surface area contributed by atoms with E-state index < -0.39 is 13.0 Å². The maximum atomic E-state index is 12.1. The standard InChI is InChI=1S/C13H18F2N2O3.ClH/c1-19-7-6-16-8-13(18)17-10-4-2-3-5-11(10)20-9-12(14)15;/h2-5,12,16H,6-9H2,1H3,(H,17,18);1H. The fourth-order valence-corrected chi connectivity index (χ4v) is 1.42. The molecule has 0 radical (unpaired) electrons. The molecule has 0 spiro atoms. The van der Waals surface area contributed by atoms with Crippen LogP contribution in [0.5, 0.6) is 5.75 Å². The zero-order valence-corrected chi connectivity index (χ0v) is 12.4. The monoisotopic (exact) mass is 324 g/mol. The quantitative estimate of drug-likeness (QED) is 0.681. The molecule has 1 amide bonds. The number of amides is 1. The lowest BCUT2D eigenvalue weighted by Gasteiger charge is -2.12. The van der Waals surface area contributed by atoms with Crippen LogP contribution in [0.25, 0.3) is 0 Å². The van der Waals surface area contributed by atoms with Gasteiger partial charge < -0.3 is 20.1 Å². The minimum atomic E-state index is -2.56. The first-order chi connectivity index (χ1) is 9.63. The predicted octanol–water partition coefficient (Wildman–Crippen LogP) is 1.93. The summed E-state index contributed by atoms with van der Waals surface area (Å²) in [5, 5.41) is 5.48. The molecule has 21 heavy (non-hydrogen) atoms. The molecule has 0 saturated heterocycles. The van der Waals surface area contributed by atoms with Crippen molar-refractivity contribution >= 4 is 24.0 Å². The number of hydrogen-bond acceptors (Lipinski definition) is 4. The summed E-state index contributed by atoms with van der Waals surface area (Å²) in [4.78, 5) is 11.6. The summed E-state index contributed by atoms with van der Waals surface area (Å²) in [6.07, 6.45) is -2.56. The van der Waals surface area contributed by atoms with Gasteiger partial charge in [0.25, 0.3) is 6.43 Å². The van der Waals surface area contributed by atoms with E-state index in [1.165, 1.54) is 6.07 Å². The lowest BCUT2D eigenvalue weighted by molar-refractivity contribution is -0.115. The van der Waals surface area contributed by atoms with Crippen molar-refractivity contribution < 1.29 is 23.0 Å². The number of carbonyl (C=O) groups excluding carboxylic acids is 1. The highest BCUT2D eigenvalue weighted by Crippen LogP contribution is 2.23. The molecular weight excluding hydrogens is 306 g/mol. The smallest absolute Gasteiger partial charge is 0.272 e. The number of para-hydroxylation sites is 2. The zero-order valence-electron chi connectivity index (χ0n) is 11.6. The first-order valence-corrected chi connectivity index (χ1v) is 6.13. The maximum absolute atomic E-state index is 12.1. The topological polar surface area (TPSA) is 59.6 Å². The fraction of sp³-hybridized carbons (Fsp3) is 0.462. The Labute approximate surface area is 128 Å². The van der Waals surface area contributed by atoms with Gasteiger partial charge in [-0.05, 0) is 12.1 Å². The molecule has 0 fully saturated rings. The molecule has 120 valence electrons. The van der Waals surface area contributed by atoms with E-state index in [9.17, 15) is 13.6 Å². The van der Waals surface area contributed by atoms with Crippen molar-refractivity contribution in [3.63, 3.8) is 0 Å². The minimum Gasteiger partial charge on any atom is -0.485 e. The molecule has 0 unspecified atom stereocenters. The van der Waals surface area contributed by atoms with E-state index in [2.05, 4.69) is 10.6 Å². The van der Waals surface area contributed by atoms with Crippen molar-refractivity contribution in [2.75, 3.05) is 38.7 Å². The van der Waals surface area contributed by atoms with Crippen molar-refractivity contribution in [2.45, 2.75) is 6.43 Å². The van der Waals surface area contributed by atoms with Crippen LogP contribution in [0.2, 0.25) is 0 Å². The first kappa shape index (κ1) is 19.6. The van der Waals surface area contributed by atoms with Gasteiger partial charge in [-0.15, -0.1) is 12.4 Å². The molecule has 5 nitrogen and oxygen atoms in total. The third-order valence-corrected chi connectivity index (χ3v) is 2.29. The number of nitrogens with one attached hydrogen (secondary N) is 2. The fourth-order valence-electron chi connectivity index (χ4n) is 1.42. The van der Waals surface area contributed by atoms with Crippen LogP contribution in [0.4, 0.5) is 14.5 Å². The normalized spacial score (nSPS) is 10.1. The maximum Gasteiger partial charge on any atom is 0.272 e. The number of halogens is 3. The van der Waals surface area contributed by atoms with Gasteiger partial charge in [-0.2, -0.15) is 0 Å². The average molecular weight is 325 g/mol. The molecular formula is C13H19ClF2N2O3. The van der Waals surface area contributed by atoms with E-state index in [0.29, 0.717) is 18.8 Å². The molecule has 8 heteroatoms. The van der Waals surface area contributed by atoms with Crippen molar-refractivity contribution in [3.05, 3.63) is 24.3 Å². The largest absolute Gasteiger partial charge is 0.485 e. The van der Waals surface area contributed by atoms with Gasteiger partial charge in [-0.3, -0.25) is 4.79 Å². The average Bonchev–Trinajstić information content (AvgIpc) is 2.42. The third-order valence-electron chi connectivity index (χ3n) is 2.29. The number of hydrogen-bond donors (Lipinski definition) is 2. The van der Waals surface area contributed by atoms with Crippen molar-refractivity contribution in [1.29, 1.82) is 0 Å². The Morgan fingerprint density at radius 3 is 2.71 bits per heavy atom. The Kier molecular flexibility index (Phi) is 10.5. The molecule has 2 N–H and O–H groups in total. The number of carbonyl (C=O) groups is 1. The van der Waals surface area contributed by atoms with E-state index in [-0.39, 0.29) is 30.6 Å². The molecule has 0 aliphatic carbocycles. The Balaban J connectivity index is 0.00000400. The van der Waals surface area contributed by atoms with Gasteiger partial charge in [0, 0.05) is 13.7 Å². The van der Waals surface area contributed by atoms with Gasteiger partial charge in [-0.25, -0.2) is 8.78 Å². The van der Waals surface area contributed by atoms with Crippen LogP contribution in [0, 0.1) is 0 Å². The van der Waals surface area contributed by atoms with Gasteiger partial charge in [0.2, 0.25) is 5.91 Å². The second-order valence-electron chi connectivity index (χ2n) is 3.92. The van der Waals surface area contributed by atoms with Gasteiger partial charge in [0.15, 0.2) is 0 Å². The number of ether oxygens (including phenoxy) is 2. The van der Waals surface area contributed by atoms with Gasteiger partial charge in [0.1, 0.15) is 12.4 Å². The molecule has 1 rings (SSSR count). The summed E-state index contributed by atoms with van der Waals surface area (Å²) in [6.45, 7) is 0.445. The number of methoxy groups -OCH3 is 1. The third kappa shape index (κ3) is 8.44. The van der Waals surface area contributed by atoms with Crippen LogP contribution >= 0.6 is 12.4 Å². The van der Waals surface area contributed by atoms with E-state index in [4.69, 9.17) is 9.47 Å². The zero-order chi connectivity index (χ0) is 14.8. The molecule has 0 aromatic heterocycles. The number of alkyl halides is 2. The SMILES string of the molecule is COCCNCC(=O)Nc1ccccc1OCC(F)F.Cl. The molecule has 0 atom stereocenters. The summed E-state index contributed by atoms with van der Waals surface area (Å²) < 4.78 is 34.0. The van der Waals surface area contributed by atoms with Crippen LogP contribution in [0.15, 0.2) is 24.3 Å². The Hall–Kier alpha value is -1.44. The second kappa shape index (κ2) is 11.2. The number of rotatable bonds is 9. The van der Waals surface area contributed by atoms with Crippen molar-refractivity contribution in [1.82, 2.24) is 5.32 Å². The van der Waals surface area contributed by atoms with Crippen LogP contribution in [0.1, 0.15) is 0 Å². The van der Waals surface area contributed by atoms with Crippen molar-refractivity contribution in [3.8, 4) is 5.75 Å². The summed E-state index contributed by atoms with van der Waals surface area (Å²) >= 11 is 0. The Bertz CT molecular complexity index is 422. The molecule has 0 aliphatic heterocycles. The number of benzene rings is 1. The van der Waals surface area contributed by atoms with Gasteiger partial charge in [-0.1, -0.05) is 12.1 Å². The highest BCUT2D eigenvalue weighted by Gasteiger charge is 2.09. The Morgan fingerprint density at radius 1 is 1.33 bits per heavy atom. The molecule has 0 heterocycles. The highest BCUT2D eigenvalue weighted by molar-refractivity contribution is 5.93. The molecule has 0 bridgehead atoms. The van der Waals surface area contributed by atoms with Crippen LogP contribution in [-0.2, 0) is 9.53 Å². The van der Waals surface area contributed by atoms with E-state index in [0.717, 1.165) is 0 Å².